The molecule has 1 aromatic carbocycles. The van der Waals surface area contributed by atoms with E-state index in [9.17, 15) is 9.50 Å². The third-order valence-electron chi connectivity index (χ3n) is 4.80. The molecule has 0 aliphatic rings. The van der Waals surface area contributed by atoms with Gasteiger partial charge in [-0.05, 0) is 48.7 Å². The number of aryl methyl sites for hydroxylation is 1. The molecule has 152 valence electrons. The van der Waals surface area contributed by atoms with E-state index in [1.165, 1.54) is 12.1 Å². The molecule has 1 N–H and O–H groups in total. The number of pyridine rings is 2. The molecule has 2 heterocycles. The van der Waals surface area contributed by atoms with Crippen molar-refractivity contribution in [3.8, 4) is 5.75 Å². The lowest BCUT2D eigenvalue weighted by Crippen LogP contribution is -2.24. The third kappa shape index (κ3) is 5.61. The Morgan fingerprint density at radius 3 is 2.34 bits per heavy atom. The fourth-order valence-electron chi connectivity index (χ4n) is 3.39. The van der Waals surface area contributed by atoms with E-state index in [0.717, 1.165) is 17.1 Å². The number of phenolic OH excluding ortho intramolecular Hbond substituents is 1. The van der Waals surface area contributed by atoms with Gasteiger partial charge in [-0.2, -0.15) is 0 Å². The van der Waals surface area contributed by atoms with E-state index in [1.54, 1.807) is 6.20 Å². The summed E-state index contributed by atoms with van der Waals surface area (Å²) >= 11 is 0. The molecule has 0 bridgehead atoms. The fourth-order valence-corrected chi connectivity index (χ4v) is 3.39. The number of aromatic hydroxyl groups is 1. The van der Waals surface area contributed by atoms with Crippen molar-refractivity contribution in [1.82, 2.24) is 14.9 Å². The second kappa shape index (κ2) is 8.70. The summed E-state index contributed by atoms with van der Waals surface area (Å²) in [5.41, 5.74) is 3.60. The molecule has 0 aliphatic carbocycles. The lowest BCUT2D eigenvalue weighted by molar-refractivity contribution is 0.237. The zero-order valence-corrected chi connectivity index (χ0v) is 17.5. The molecule has 0 amide bonds. The number of nitrogens with zero attached hydrogens (tertiary/aromatic N) is 3. The number of aromatic nitrogens is 2. The van der Waals surface area contributed by atoms with Crippen LogP contribution < -0.4 is 0 Å². The van der Waals surface area contributed by atoms with E-state index in [-0.39, 0.29) is 17.0 Å². The van der Waals surface area contributed by atoms with Crippen LogP contribution in [0.25, 0.3) is 0 Å². The van der Waals surface area contributed by atoms with Crippen molar-refractivity contribution in [3.05, 3.63) is 88.8 Å². The first-order valence-electron chi connectivity index (χ1n) is 9.79. The van der Waals surface area contributed by atoms with Crippen LogP contribution >= 0.6 is 0 Å². The number of hydrogen-bond acceptors (Lipinski definition) is 4. The second-order valence-corrected chi connectivity index (χ2v) is 8.45. The summed E-state index contributed by atoms with van der Waals surface area (Å²) in [6.45, 7) is 9.38. The molecule has 29 heavy (non-hydrogen) atoms. The molecule has 2 aromatic heterocycles. The Bertz CT molecular complexity index is 968. The van der Waals surface area contributed by atoms with Gasteiger partial charge < -0.3 is 5.11 Å². The van der Waals surface area contributed by atoms with E-state index in [2.05, 4.69) is 14.9 Å². The summed E-state index contributed by atoms with van der Waals surface area (Å²) in [7, 11) is 0. The molecular weight excluding hydrogens is 365 g/mol. The molecule has 3 aromatic rings. The number of rotatable bonds is 6. The first-order chi connectivity index (χ1) is 13.7. The zero-order valence-electron chi connectivity index (χ0n) is 17.5. The number of hydrogen-bond donors (Lipinski definition) is 1. The Hall–Kier alpha value is -2.79. The Balaban J connectivity index is 1.93. The van der Waals surface area contributed by atoms with Crippen LogP contribution in [0, 0.1) is 12.7 Å². The molecule has 4 nitrogen and oxygen atoms in total. The number of phenols is 1. The molecule has 0 fully saturated rings. The maximum atomic E-state index is 14.3. The van der Waals surface area contributed by atoms with Gasteiger partial charge in [-0.3, -0.25) is 14.9 Å². The molecule has 0 unspecified atom stereocenters. The first-order valence-corrected chi connectivity index (χ1v) is 9.79. The van der Waals surface area contributed by atoms with Gasteiger partial charge in [0.15, 0.2) is 0 Å². The van der Waals surface area contributed by atoms with Gasteiger partial charge in [0.2, 0.25) is 0 Å². The summed E-state index contributed by atoms with van der Waals surface area (Å²) in [5.74, 6) is -0.184. The third-order valence-corrected chi connectivity index (χ3v) is 4.80. The minimum Gasteiger partial charge on any atom is -0.507 e. The number of halogens is 1. The summed E-state index contributed by atoms with van der Waals surface area (Å²) in [6, 6.07) is 14.5. The highest BCUT2D eigenvalue weighted by atomic mass is 19.1. The minimum atomic E-state index is -0.356. The van der Waals surface area contributed by atoms with Gasteiger partial charge >= 0.3 is 0 Å². The van der Waals surface area contributed by atoms with Crippen LogP contribution in [0.1, 0.15) is 49.0 Å². The Kier molecular flexibility index (Phi) is 6.28. The second-order valence-electron chi connectivity index (χ2n) is 8.45. The summed E-state index contributed by atoms with van der Waals surface area (Å²) < 4.78 is 14.3. The van der Waals surface area contributed by atoms with Gasteiger partial charge in [-0.15, -0.1) is 0 Å². The van der Waals surface area contributed by atoms with Crippen molar-refractivity contribution >= 4 is 0 Å². The molecule has 0 atom stereocenters. The van der Waals surface area contributed by atoms with E-state index in [4.69, 9.17) is 0 Å². The van der Waals surface area contributed by atoms with E-state index >= 15 is 0 Å². The Morgan fingerprint density at radius 2 is 1.69 bits per heavy atom. The highest BCUT2D eigenvalue weighted by Gasteiger charge is 2.23. The quantitative estimate of drug-likeness (QED) is 0.631. The van der Waals surface area contributed by atoms with Crippen LogP contribution in [-0.2, 0) is 25.0 Å². The predicted octanol–water partition coefficient (Wildman–Crippen LogP) is 5.13. The van der Waals surface area contributed by atoms with Gasteiger partial charge in [0.1, 0.15) is 11.6 Å². The van der Waals surface area contributed by atoms with Crippen LogP contribution in [0.15, 0.2) is 54.7 Å². The Morgan fingerprint density at radius 1 is 0.966 bits per heavy atom. The van der Waals surface area contributed by atoms with Crippen LogP contribution in [0.5, 0.6) is 5.75 Å². The van der Waals surface area contributed by atoms with E-state index < -0.39 is 0 Å². The van der Waals surface area contributed by atoms with Crippen LogP contribution in [0.3, 0.4) is 0 Å². The normalized spacial score (nSPS) is 11.8. The summed E-state index contributed by atoms with van der Waals surface area (Å²) in [5, 5.41) is 10.8. The van der Waals surface area contributed by atoms with Crippen LogP contribution in [0.2, 0.25) is 0 Å². The zero-order chi connectivity index (χ0) is 21.0. The molecule has 0 spiro atoms. The van der Waals surface area contributed by atoms with E-state index in [0.29, 0.717) is 30.8 Å². The molecule has 0 radical (unpaired) electrons. The van der Waals surface area contributed by atoms with Gasteiger partial charge in [-0.25, -0.2) is 4.39 Å². The molecule has 0 saturated heterocycles. The molecular formula is C24H28FN3O. The van der Waals surface area contributed by atoms with Crippen molar-refractivity contribution < 1.29 is 9.50 Å². The Labute approximate surface area is 172 Å². The summed E-state index contributed by atoms with van der Waals surface area (Å²) in [4.78, 5) is 11.1. The average molecular weight is 394 g/mol. The minimum absolute atomic E-state index is 0.155. The number of benzene rings is 1. The highest BCUT2D eigenvalue weighted by Crippen LogP contribution is 2.35. The van der Waals surface area contributed by atoms with Crippen molar-refractivity contribution in [2.75, 3.05) is 0 Å². The van der Waals surface area contributed by atoms with Gasteiger partial charge in [0, 0.05) is 42.7 Å². The fraction of sp³-hybridized carbons (Fsp3) is 0.333. The van der Waals surface area contributed by atoms with Crippen molar-refractivity contribution in [2.45, 2.75) is 52.7 Å². The largest absolute Gasteiger partial charge is 0.507 e. The van der Waals surface area contributed by atoms with Gasteiger partial charge in [-0.1, -0.05) is 32.9 Å². The van der Waals surface area contributed by atoms with Gasteiger partial charge in [0.25, 0.3) is 0 Å². The van der Waals surface area contributed by atoms with Crippen LogP contribution in [-0.4, -0.2) is 20.0 Å². The monoisotopic (exact) mass is 393 g/mol. The smallest absolute Gasteiger partial charge is 0.124 e. The van der Waals surface area contributed by atoms with E-state index in [1.807, 2.05) is 64.1 Å². The molecule has 3 rings (SSSR count). The van der Waals surface area contributed by atoms with Crippen molar-refractivity contribution in [2.24, 2.45) is 0 Å². The standard InChI is InChI=1S/C24H28FN3O/c1-17-8-7-10-21(27-17)16-28(15-20-9-5-6-11-26-20)14-18-12-19(25)13-22(23(18)29)24(2,3)4/h5-13,29H,14-16H2,1-4H3. The predicted molar refractivity (Wildman–Crippen MR) is 113 cm³/mol. The van der Waals surface area contributed by atoms with Gasteiger partial charge in [0.05, 0.1) is 11.4 Å². The van der Waals surface area contributed by atoms with Crippen molar-refractivity contribution in [3.63, 3.8) is 0 Å². The maximum Gasteiger partial charge on any atom is 0.124 e. The SMILES string of the molecule is Cc1cccc(CN(Cc2ccccn2)Cc2cc(F)cc(C(C)(C)C)c2O)n1. The maximum absolute atomic E-state index is 14.3. The first kappa shape index (κ1) is 20.9. The molecule has 0 saturated carbocycles. The van der Waals surface area contributed by atoms with Crippen molar-refractivity contribution in [1.29, 1.82) is 0 Å². The topological polar surface area (TPSA) is 49.2 Å². The molecule has 0 aliphatic heterocycles. The average Bonchev–Trinajstić information content (AvgIpc) is 2.64. The molecule has 5 heteroatoms. The van der Waals surface area contributed by atoms with Crippen LogP contribution in [0.4, 0.5) is 4.39 Å². The lowest BCUT2D eigenvalue weighted by atomic mass is 9.85. The highest BCUT2D eigenvalue weighted by molar-refractivity contribution is 5.44. The summed E-state index contributed by atoms with van der Waals surface area (Å²) in [6.07, 6.45) is 1.76. The lowest BCUT2D eigenvalue weighted by Gasteiger charge is -2.26.